The van der Waals surface area contributed by atoms with E-state index in [4.69, 9.17) is 0 Å². The fourth-order valence-corrected chi connectivity index (χ4v) is 6.59. The lowest BCUT2D eigenvalue weighted by molar-refractivity contribution is -0.135. The van der Waals surface area contributed by atoms with Crippen LogP contribution in [0.3, 0.4) is 0 Å². The van der Waals surface area contributed by atoms with Crippen LogP contribution >= 0.6 is 0 Å². The van der Waals surface area contributed by atoms with Gasteiger partial charge in [-0.2, -0.15) is 0 Å². The van der Waals surface area contributed by atoms with Gasteiger partial charge in [-0.25, -0.2) is 4.98 Å². The summed E-state index contributed by atoms with van der Waals surface area (Å²) < 4.78 is 26.7. The molecule has 0 radical (unpaired) electrons. The molecule has 1 saturated heterocycles. The van der Waals surface area contributed by atoms with E-state index in [1.165, 1.54) is 16.7 Å². The van der Waals surface area contributed by atoms with Gasteiger partial charge in [0.25, 0.3) is 11.5 Å². The largest absolute Gasteiger partial charge is 0.610 e. The highest BCUT2D eigenvalue weighted by Crippen LogP contribution is 2.32. The molecule has 3 aromatic rings. The van der Waals surface area contributed by atoms with Crippen molar-refractivity contribution in [3.05, 3.63) is 63.7 Å². The fraction of sp³-hybridized carbons (Fsp3) is 0.292. The minimum atomic E-state index is -3.58. The molecule has 11 heteroatoms. The summed E-state index contributed by atoms with van der Waals surface area (Å²) in [7, 11) is -3.58. The quantitative estimate of drug-likeness (QED) is 0.417. The van der Waals surface area contributed by atoms with Crippen molar-refractivity contribution < 1.29 is 23.1 Å². The van der Waals surface area contributed by atoms with Gasteiger partial charge >= 0.3 is 0 Å². The summed E-state index contributed by atoms with van der Waals surface area (Å²) in [5.41, 5.74) is 0.655. The molecule has 35 heavy (non-hydrogen) atoms. The number of carbonyl (C=O) groups excluding carboxylic acids is 3. The number of benzene rings is 2. The number of aromatic nitrogens is 2. The Morgan fingerprint density at radius 1 is 1.17 bits per heavy atom. The van der Waals surface area contributed by atoms with E-state index in [2.05, 4.69) is 15.6 Å². The molecule has 0 bridgehead atoms. The van der Waals surface area contributed by atoms with E-state index in [1.54, 1.807) is 31.2 Å². The lowest BCUT2D eigenvalue weighted by atomic mass is 10.0. The van der Waals surface area contributed by atoms with Crippen molar-refractivity contribution in [2.24, 2.45) is 0 Å². The fourth-order valence-electron chi connectivity index (χ4n) is 4.80. The van der Waals surface area contributed by atoms with Gasteiger partial charge in [-0.1, -0.05) is 18.2 Å². The van der Waals surface area contributed by atoms with Crippen LogP contribution in [0.5, 0.6) is 0 Å². The Balaban J connectivity index is 1.56. The zero-order valence-electron chi connectivity index (χ0n) is 18.8. The first-order valence-corrected chi connectivity index (χ1v) is 12.8. The van der Waals surface area contributed by atoms with Gasteiger partial charge in [0.05, 0.1) is 26.9 Å². The summed E-state index contributed by atoms with van der Waals surface area (Å²) in [6.45, 7) is 1.57. The summed E-state index contributed by atoms with van der Waals surface area (Å²) >= 11 is 0. The van der Waals surface area contributed by atoms with Gasteiger partial charge in [-0.05, 0) is 44.4 Å². The Morgan fingerprint density at radius 2 is 1.94 bits per heavy atom. The molecule has 5 rings (SSSR count). The maximum atomic E-state index is 13.3. The lowest BCUT2D eigenvalue weighted by Crippen LogP contribution is -2.45. The van der Waals surface area contributed by atoms with E-state index >= 15 is 0 Å². The minimum Gasteiger partial charge on any atom is -0.610 e. The first-order valence-electron chi connectivity index (χ1n) is 11.2. The summed E-state index contributed by atoms with van der Waals surface area (Å²) in [6.07, 6.45) is 1.38. The number of fused-ring (bicyclic) bond motifs is 2. The number of carbonyl (C=O) groups is 3. The SMILES string of the molecule is Cc1nc2c(NC(=O)c3cccc4c3[S+](=O)([O-])CCC4)cccc2c(=O)n1C1CCC(=O)NC1=O. The van der Waals surface area contributed by atoms with Gasteiger partial charge in [0, 0.05) is 12.0 Å². The number of nitrogens with one attached hydrogen (secondary N) is 2. The number of para-hydroxylation sites is 1. The minimum absolute atomic E-state index is 0.0147. The Labute approximate surface area is 201 Å². The Hall–Kier alpha value is -3.70. The number of hydrogen-bond acceptors (Lipinski definition) is 7. The predicted octanol–water partition coefficient (Wildman–Crippen LogP) is 1.87. The molecular weight excluding hydrogens is 472 g/mol. The first-order chi connectivity index (χ1) is 16.7. The van der Waals surface area contributed by atoms with Crippen molar-refractivity contribution in [1.82, 2.24) is 14.9 Å². The van der Waals surface area contributed by atoms with Crippen molar-refractivity contribution in [2.75, 3.05) is 11.1 Å². The molecular formula is C24H22N4O6S. The smallest absolute Gasteiger partial charge is 0.262 e. The van der Waals surface area contributed by atoms with Crippen LogP contribution in [0.2, 0.25) is 0 Å². The van der Waals surface area contributed by atoms with Gasteiger partial charge < -0.3 is 9.87 Å². The second-order valence-corrected chi connectivity index (χ2v) is 10.7. The van der Waals surface area contributed by atoms with E-state index in [-0.39, 0.29) is 57.4 Å². The van der Waals surface area contributed by atoms with Gasteiger partial charge in [0.1, 0.15) is 23.1 Å². The number of aryl methyl sites for hydroxylation is 2. The van der Waals surface area contributed by atoms with E-state index in [0.29, 0.717) is 18.4 Å². The van der Waals surface area contributed by atoms with E-state index < -0.39 is 33.6 Å². The van der Waals surface area contributed by atoms with Crippen molar-refractivity contribution in [3.63, 3.8) is 0 Å². The summed E-state index contributed by atoms with van der Waals surface area (Å²) in [4.78, 5) is 54.9. The molecule has 2 unspecified atom stereocenters. The highest BCUT2D eigenvalue weighted by Gasteiger charge is 2.34. The van der Waals surface area contributed by atoms with Crippen LogP contribution in [0.4, 0.5) is 5.69 Å². The zero-order chi connectivity index (χ0) is 24.9. The number of imide groups is 1. The maximum Gasteiger partial charge on any atom is 0.262 e. The second-order valence-electron chi connectivity index (χ2n) is 8.67. The molecule has 2 aliphatic heterocycles. The molecule has 2 aliphatic rings. The number of sulfone groups is 1. The zero-order valence-corrected chi connectivity index (χ0v) is 19.6. The molecule has 10 nitrogen and oxygen atoms in total. The highest BCUT2D eigenvalue weighted by atomic mass is 32.3. The van der Waals surface area contributed by atoms with Gasteiger partial charge in [0.2, 0.25) is 11.8 Å². The molecule has 2 atom stereocenters. The monoisotopic (exact) mass is 494 g/mol. The standard InChI is InChI=1S/C24H22N4O6S/c1-13-25-20-15(24(32)28(13)18-10-11-19(29)27-23(18)31)7-3-9-17(20)26-22(30)16-8-2-5-14-6-4-12-35(33,34)21(14)16/h2-3,5,7-9,18H,4,6,10-12H2,1H3,(H2-,26,27,29,30,31,33,34). The number of nitrogens with zero attached hydrogens (tertiary/aromatic N) is 2. The van der Waals surface area contributed by atoms with Crippen LogP contribution < -0.4 is 16.2 Å². The molecule has 3 heterocycles. The van der Waals surface area contributed by atoms with Crippen molar-refractivity contribution in [3.8, 4) is 0 Å². The number of rotatable bonds is 3. The number of hydrogen-bond donors (Lipinski definition) is 2. The normalized spacial score (nSPS) is 21.9. The maximum absolute atomic E-state index is 13.3. The van der Waals surface area contributed by atoms with Crippen molar-refractivity contribution in [2.45, 2.75) is 43.5 Å². The summed E-state index contributed by atoms with van der Waals surface area (Å²) in [6, 6.07) is 8.65. The molecule has 1 aromatic heterocycles. The molecule has 180 valence electrons. The van der Waals surface area contributed by atoms with Crippen LogP contribution in [0.15, 0.2) is 46.1 Å². The highest BCUT2D eigenvalue weighted by molar-refractivity contribution is 7.97. The van der Waals surface area contributed by atoms with Crippen LogP contribution in [0, 0.1) is 6.92 Å². The van der Waals surface area contributed by atoms with Crippen LogP contribution in [0.25, 0.3) is 10.9 Å². The number of amides is 3. The first kappa shape index (κ1) is 23.1. The Kier molecular flexibility index (Phi) is 5.60. The van der Waals surface area contributed by atoms with Crippen LogP contribution in [0.1, 0.15) is 47.1 Å². The van der Waals surface area contributed by atoms with Crippen LogP contribution in [-0.4, -0.2) is 37.6 Å². The third kappa shape index (κ3) is 3.96. The molecule has 2 aromatic carbocycles. The molecule has 2 N–H and O–H groups in total. The Bertz CT molecular complexity index is 1530. The third-order valence-electron chi connectivity index (χ3n) is 6.39. The summed E-state index contributed by atoms with van der Waals surface area (Å²) in [5.74, 6) is -1.33. The van der Waals surface area contributed by atoms with Crippen molar-refractivity contribution in [1.29, 1.82) is 0 Å². The van der Waals surface area contributed by atoms with Gasteiger partial charge in [-0.3, -0.25) is 29.1 Å². The molecule has 3 amide bonds. The molecule has 1 fully saturated rings. The molecule has 0 saturated carbocycles. The Morgan fingerprint density at radius 3 is 2.71 bits per heavy atom. The van der Waals surface area contributed by atoms with E-state index in [1.807, 2.05) is 0 Å². The van der Waals surface area contributed by atoms with Crippen LogP contribution in [-0.2, 0) is 30.4 Å². The average Bonchev–Trinajstić information content (AvgIpc) is 2.80. The third-order valence-corrected chi connectivity index (χ3v) is 8.32. The van der Waals surface area contributed by atoms with E-state index in [9.17, 15) is 27.9 Å². The van der Waals surface area contributed by atoms with Gasteiger partial charge in [-0.15, -0.1) is 4.21 Å². The topological polar surface area (TPSA) is 150 Å². The summed E-state index contributed by atoms with van der Waals surface area (Å²) in [5, 5.41) is 5.15. The predicted molar refractivity (Wildman–Crippen MR) is 127 cm³/mol. The lowest BCUT2D eigenvalue weighted by Gasteiger charge is -2.25. The molecule has 0 aliphatic carbocycles. The van der Waals surface area contributed by atoms with Gasteiger partial charge in [0.15, 0.2) is 4.90 Å². The number of piperidine rings is 1. The second kappa shape index (κ2) is 8.51. The molecule has 0 spiro atoms. The van der Waals surface area contributed by atoms with E-state index in [0.717, 1.165) is 0 Å². The number of anilines is 1. The van der Waals surface area contributed by atoms with Crippen molar-refractivity contribution >= 4 is 44.5 Å². The average molecular weight is 495 g/mol.